The molecule has 0 heterocycles. The van der Waals surface area contributed by atoms with E-state index in [0.29, 0.717) is 0 Å². The molecule has 0 fully saturated rings. The third kappa shape index (κ3) is 2.61. The summed E-state index contributed by atoms with van der Waals surface area (Å²) in [6, 6.07) is 0. The van der Waals surface area contributed by atoms with Crippen LogP contribution in [0.1, 0.15) is 41.5 Å². The molecule has 0 aliphatic heterocycles. The zero-order valence-corrected chi connectivity index (χ0v) is 9.21. The lowest BCUT2D eigenvalue weighted by atomic mass is 9.66. The molecule has 0 rings (SSSR count). The highest BCUT2D eigenvalue weighted by atomic mass is 19.4. The quantitative estimate of drug-likeness (QED) is 0.588. The van der Waals surface area contributed by atoms with Gasteiger partial charge in [-0.1, -0.05) is 41.5 Å². The molecule has 80 valence electrons. The van der Waals surface area contributed by atoms with Crippen LogP contribution in [0, 0.1) is 16.7 Å². The van der Waals surface area contributed by atoms with Gasteiger partial charge in [0, 0.05) is 0 Å². The van der Waals surface area contributed by atoms with Gasteiger partial charge in [0.1, 0.15) is 0 Å². The Hall–Kier alpha value is -0.210. The second-order valence-corrected chi connectivity index (χ2v) is 5.31. The van der Waals surface area contributed by atoms with Crippen LogP contribution < -0.4 is 0 Å². The molecule has 0 amide bonds. The summed E-state index contributed by atoms with van der Waals surface area (Å²) in [5.41, 5.74) is -1.94. The first-order valence-corrected chi connectivity index (χ1v) is 4.47. The van der Waals surface area contributed by atoms with Crippen molar-refractivity contribution in [3.63, 3.8) is 0 Å². The van der Waals surface area contributed by atoms with Crippen LogP contribution in [0.4, 0.5) is 13.2 Å². The molecule has 0 nitrogen and oxygen atoms in total. The van der Waals surface area contributed by atoms with Crippen molar-refractivity contribution in [3.8, 4) is 0 Å². The van der Waals surface area contributed by atoms with Crippen LogP contribution in [-0.4, -0.2) is 6.18 Å². The van der Waals surface area contributed by atoms with Gasteiger partial charge in [-0.05, 0) is 11.3 Å². The molecular formula is C10H19F3. The summed E-state index contributed by atoms with van der Waals surface area (Å²) >= 11 is 0. The molecule has 0 bridgehead atoms. The van der Waals surface area contributed by atoms with E-state index in [1.807, 2.05) is 20.8 Å². The molecule has 0 aliphatic rings. The first-order chi connectivity index (χ1) is 5.40. The van der Waals surface area contributed by atoms with Crippen molar-refractivity contribution in [2.24, 2.45) is 16.7 Å². The van der Waals surface area contributed by atoms with Crippen molar-refractivity contribution in [2.75, 3.05) is 0 Å². The molecular weight excluding hydrogens is 177 g/mol. The molecule has 0 radical (unpaired) electrons. The maximum absolute atomic E-state index is 12.6. The average molecular weight is 196 g/mol. The maximum Gasteiger partial charge on any atom is 0.394 e. The number of halogens is 3. The topological polar surface area (TPSA) is 0 Å². The van der Waals surface area contributed by atoms with Crippen LogP contribution in [0.2, 0.25) is 0 Å². The summed E-state index contributed by atoms with van der Waals surface area (Å²) in [4.78, 5) is 0. The number of rotatable bonds is 1. The highest BCUT2D eigenvalue weighted by Gasteiger charge is 2.53. The van der Waals surface area contributed by atoms with Crippen molar-refractivity contribution in [2.45, 2.75) is 47.7 Å². The van der Waals surface area contributed by atoms with Gasteiger partial charge in [0.2, 0.25) is 0 Å². The van der Waals surface area contributed by atoms with E-state index in [9.17, 15) is 13.2 Å². The summed E-state index contributed by atoms with van der Waals surface area (Å²) < 4.78 is 37.8. The van der Waals surface area contributed by atoms with Gasteiger partial charge in [-0.2, -0.15) is 13.2 Å². The van der Waals surface area contributed by atoms with E-state index in [-0.39, 0.29) is 5.41 Å². The molecule has 0 aromatic carbocycles. The van der Waals surface area contributed by atoms with Gasteiger partial charge in [-0.15, -0.1) is 0 Å². The van der Waals surface area contributed by atoms with Crippen LogP contribution in [0.5, 0.6) is 0 Å². The van der Waals surface area contributed by atoms with E-state index in [1.54, 1.807) is 6.92 Å². The Labute approximate surface area is 78.5 Å². The fraction of sp³-hybridized carbons (Fsp3) is 1.00. The van der Waals surface area contributed by atoms with E-state index < -0.39 is 17.5 Å². The summed E-state index contributed by atoms with van der Waals surface area (Å²) in [5.74, 6) is -0.403. The fourth-order valence-electron chi connectivity index (χ4n) is 1.33. The van der Waals surface area contributed by atoms with Gasteiger partial charge in [-0.25, -0.2) is 0 Å². The number of hydrogen-bond donors (Lipinski definition) is 0. The van der Waals surface area contributed by atoms with Crippen LogP contribution in [-0.2, 0) is 0 Å². The normalized spacial score (nSPS) is 17.3. The van der Waals surface area contributed by atoms with Crippen molar-refractivity contribution < 1.29 is 13.2 Å². The van der Waals surface area contributed by atoms with Crippen LogP contribution in [0.25, 0.3) is 0 Å². The van der Waals surface area contributed by atoms with Gasteiger partial charge >= 0.3 is 6.18 Å². The number of alkyl halides is 3. The van der Waals surface area contributed by atoms with E-state index in [4.69, 9.17) is 0 Å². The van der Waals surface area contributed by atoms with Gasteiger partial charge in [-0.3, -0.25) is 0 Å². The van der Waals surface area contributed by atoms with Crippen molar-refractivity contribution in [3.05, 3.63) is 0 Å². The molecule has 1 atom stereocenters. The Balaban J connectivity index is 4.86. The van der Waals surface area contributed by atoms with E-state index >= 15 is 0 Å². The lowest BCUT2D eigenvalue weighted by Crippen LogP contribution is -2.43. The smallest absolute Gasteiger partial charge is 0.171 e. The Morgan fingerprint density at radius 3 is 1.23 bits per heavy atom. The standard InChI is InChI=1S/C10H19F3/c1-7(8(2,3)4)9(5,6)10(11,12)13/h7H,1-6H3/t7-/m0/s1. The molecule has 0 N–H and O–H groups in total. The van der Waals surface area contributed by atoms with Crippen molar-refractivity contribution >= 4 is 0 Å². The average Bonchev–Trinajstić information content (AvgIpc) is 1.81. The van der Waals surface area contributed by atoms with E-state index in [1.165, 1.54) is 13.8 Å². The SMILES string of the molecule is C[C@@H](C(C)(C)C)C(C)(C)C(F)(F)F. The van der Waals surface area contributed by atoms with Crippen molar-refractivity contribution in [1.29, 1.82) is 0 Å². The Bertz CT molecular complexity index is 172. The predicted octanol–water partition coefficient (Wildman–Crippen LogP) is 4.26. The first kappa shape index (κ1) is 12.8. The van der Waals surface area contributed by atoms with Gasteiger partial charge < -0.3 is 0 Å². The molecule has 0 aliphatic carbocycles. The zero-order valence-electron chi connectivity index (χ0n) is 9.21. The largest absolute Gasteiger partial charge is 0.394 e. The zero-order chi connectivity index (χ0) is 11.1. The van der Waals surface area contributed by atoms with E-state index in [2.05, 4.69) is 0 Å². The summed E-state index contributed by atoms with van der Waals surface area (Å²) in [5, 5.41) is 0. The van der Waals surface area contributed by atoms with Crippen LogP contribution >= 0.6 is 0 Å². The molecule has 0 aromatic rings. The Morgan fingerprint density at radius 1 is 0.846 bits per heavy atom. The summed E-state index contributed by atoms with van der Waals surface area (Å²) in [7, 11) is 0. The van der Waals surface area contributed by atoms with Gasteiger partial charge in [0.25, 0.3) is 0 Å². The van der Waals surface area contributed by atoms with Gasteiger partial charge in [0.15, 0.2) is 0 Å². The van der Waals surface area contributed by atoms with Crippen molar-refractivity contribution in [1.82, 2.24) is 0 Å². The third-order valence-electron chi connectivity index (χ3n) is 3.11. The second-order valence-electron chi connectivity index (χ2n) is 5.31. The highest BCUT2D eigenvalue weighted by Crippen LogP contribution is 2.49. The molecule has 0 spiro atoms. The van der Waals surface area contributed by atoms with Gasteiger partial charge in [0.05, 0.1) is 5.41 Å². The van der Waals surface area contributed by atoms with Crippen LogP contribution in [0.3, 0.4) is 0 Å². The maximum atomic E-state index is 12.6. The fourth-order valence-corrected chi connectivity index (χ4v) is 1.33. The summed E-state index contributed by atoms with van der Waals surface area (Å²) in [6.07, 6.45) is -4.13. The molecule has 0 saturated carbocycles. The minimum atomic E-state index is -4.13. The lowest BCUT2D eigenvalue weighted by molar-refractivity contribution is -0.238. The lowest BCUT2D eigenvalue weighted by Gasteiger charge is -2.41. The molecule has 13 heavy (non-hydrogen) atoms. The molecule has 0 saturated heterocycles. The molecule has 0 unspecified atom stereocenters. The number of hydrogen-bond acceptors (Lipinski definition) is 0. The molecule has 3 heteroatoms. The minimum Gasteiger partial charge on any atom is -0.171 e. The molecule has 0 aromatic heterocycles. The monoisotopic (exact) mass is 196 g/mol. The van der Waals surface area contributed by atoms with Crippen LogP contribution in [0.15, 0.2) is 0 Å². The minimum absolute atomic E-state index is 0.320. The predicted molar refractivity (Wildman–Crippen MR) is 48.5 cm³/mol. The summed E-state index contributed by atoms with van der Waals surface area (Å²) in [6.45, 7) is 9.71. The van der Waals surface area contributed by atoms with E-state index in [0.717, 1.165) is 0 Å². The first-order valence-electron chi connectivity index (χ1n) is 4.47. The second kappa shape index (κ2) is 3.18. The highest BCUT2D eigenvalue weighted by molar-refractivity contribution is 4.88. The Kier molecular flexibility index (Phi) is 3.12. The Morgan fingerprint density at radius 2 is 1.15 bits per heavy atom. The third-order valence-corrected chi connectivity index (χ3v) is 3.11.